The number of fused-ring (bicyclic) bond motifs is 2. The van der Waals surface area contributed by atoms with Crippen LogP contribution in [0.2, 0.25) is 0 Å². The van der Waals surface area contributed by atoms with Crippen LogP contribution in [0, 0.1) is 6.92 Å². The quantitative estimate of drug-likeness (QED) is 0.766. The third-order valence-electron chi connectivity index (χ3n) is 4.88. The number of hydrogen-bond acceptors (Lipinski definition) is 4. The number of likely N-dealkylation sites (tertiary alicyclic amines) is 1. The van der Waals surface area contributed by atoms with Gasteiger partial charge in [0, 0.05) is 31.9 Å². The number of likely N-dealkylation sites (N-methyl/N-ethyl adjacent to an activating group) is 1. The van der Waals surface area contributed by atoms with Crippen LogP contribution in [-0.2, 0) is 7.05 Å². The van der Waals surface area contributed by atoms with Gasteiger partial charge in [-0.3, -0.25) is 14.3 Å². The molecule has 104 valence electrons. The normalized spacial score (nSPS) is 25.2. The van der Waals surface area contributed by atoms with E-state index in [0.717, 1.165) is 30.1 Å². The molecule has 2 unspecified atom stereocenters. The molecular weight excluding hydrogens is 252 g/mol. The first-order valence-electron chi connectivity index (χ1n) is 7.00. The maximum absolute atomic E-state index is 12.3. The van der Waals surface area contributed by atoms with Crippen molar-refractivity contribution in [1.29, 1.82) is 0 Å². The zero-order valence-electron chi connectivity index (χ0n) is 12.0. The van der Waals surface area contributed by atoms with Gasteiger partial charge in [-0.05, 0) is 32.2 Å². The lowest BCUT2D eigenvalue weighted by Crippen LogP contribution is -2.78. The standard InChI is InChI=1S/C15H18N4O/c1-9-16-12-5-4-10(6-11(12)15(20)18(9)3)19-8-13-14(19)7-17(13)2/h4-6,13-14H,7-8H2,1-3H3. The SMILES string of the molecule is Cc1nc2ccc(N3CC4C3CN4C)cc2c(=O)n1C. The van der Waals surface area contributed by atoms with Crippen molar-refractivity contribution in [2.24, 2.45) is 7.05 Å². The van der Waals surface area contributed by atoms with Crippen molar-refractivity contribution in [3.8, 4) is 0 Å². The van der Waals surface area contributed by atoms with E-state index in [1.54, 1.807) is 11.6 Å². The summed E-state index contributed by atoms with van der Waals surface area (Å²) in [6.07, 6.45) is 0. The fourth-order valence-corrected chi connectivity index (χ4v) is 3.32. The van der Waals surface area contributed by atoms with E-state index in [0.29, 0.717) is 17.5 Å². The summed E-state index contributed by atoms with van der Waals surface area (Å²) in [6.45, 7) is 4.04. The van der Waals surface area contributed by atoms with Gasteiger partial charge >= 0.3 is 0 Å². The van der Waals surface area contributed by atoms with Crippen molar-refractivity contribution < 1.29 is 0 Å². The molecule has 3 heterocycles. The number of aryl methyl sites for hydroxylation is 1. The Kier molecular flexibility index (Phi) is 2.27. The van der Waals surface area contributed by atoms with Crippen molar-refractivity contribution >= 4 is 16.6 Å². The number of benzene rings is 1. The fraction of sp³-hybridized carbons (Fsp3) is 0.467. The Morgan fingerprint density at radius 1 is 1.20 bits per heavy atom. The summed E-state index contributed by atoms with van der Waals surface area (Å²) in [5, 5.41) is 0.715. The molecule has 4 rings (SSSR count). The highest BCUT2D eigenvalue weighted by atomic mass is 16.1. The van der Waals surface area contributed by atoms with Gasteiger partial charge < -0.3 is 4.90 Å². The molecule has 1 aromatic heterocycles. The molecule has 2 aromatic rings. The molecule has 0 aliphatic carbocycles. The van der Waals surface area contributed by atoms with Crippen molar-refractivity contribution in [2.45, 2.75) is 19.0 Å². The van der Waals surface area contributed by atoms with Crippen molar-refractivity contribution in [3.05, 3.63) is 34.4 Å². The van der Waals surface area contributed by atoms with Gasteiger partial charge in [0.25, 0.3) is 5.56 Å². The highest BCUT2D eigenvalue weighted by Gasteiger charge is 2.49. The number of rotatable bonds is 1. The third kappa shape index (κ3) is 1.41. The largest absolute Gasteiger partial charge is 0.364 e. The second kappa shape index (κ2) is 3.82. The van der Waals surface area contributed by atoms with Crippen LogP contribution in [0.3, 0.4) is 0 Å². The Labute approximate surface area is 117 Å². The van der Waals surface area contributed by atoms with Gasteiger partial charge in [-0.1, -0.05) is 0 Å². The molecule has 0 amide bonds. The first kappa shape index (κ1) is 11.9. The Bertz CT molecular complexity index is 766. The molecule has 2 saturated heterocycles. The monoisotopic (exact) mass is 270 g/mol. The first-order valence-corrected chi connectivity index (χ1v) is 7.00. The van der Waals surface area contributed by atoms with E-state index in [2.05, 4.69) is 27.9 Å². The lowest BCUT2D eigenvalue weighted by Gasteiger charge is -2.62. The molecule has 2 aliphatic rings. The second-order valence-electron chi connectivity index (χ2n) is 5.95. The van der Waals surface area contributed by atoms with Gasteiger partial charge in [-0.25, -0.2) is 4.98 Å². The van der Waals surface area contributed by atoms with Crippen molar-refractivity contribution in [3.63, 3.8) is 0 Å². The zero-order chi connectivity index (χ0) is 14.0. The fourth-order valence-electron chi connectivity index (χ4n) is 3.32. The second-order valence-corrected chi connectivity index (χ2v) is 5.95. The minimum absolute atomic E-state index is 0.0390. The van der Waals surface area contributed by atoms with Gasteiger partial charge in [0.1, 0.15) is 5.82 Å². The van der Waals surface area contributed by atoms with E-state index in [1.807, 2.05) is 19.1 Å². The Hall–Kier alpha value is -1.88. The topological polar surface area (TPSA) is 41.4 Å². The maximum atomic E-state index is 12.3. The molecule has 0 saturated carbocycles. The number of anilines is 1. The molecule has 0 bridgehead atoms. The van der Waals surface area contributed by atoms with Crippen LogP contribution in [0.15, 0.2) is 23.0 Å². The number of hydrogen-bond donors (Lipinski definition) is 0. The van der Waals surface area contributed by atoms with Crippen molar-refractivity contribution in [1.82, 2.24) is 14.5 Å². The molecule has 0 spiro atoms. The third-order valence-corrected chi connectivity index (χ3v) is 4.88. The van der Waals surface area contributed by atoms with E-state index in [4.69, 9.17) is 0 Å². The summed E-state index contributed by atoms with van der Waals surface area (Å²) in [5.41, 5.74) is 1.98. The molecule has 5 nitrogen and oxygen atoms in total. The summed E-state index contributed by atoms with van der Waals surface area (Å²) in [6, 6.07) is 7.38. The average molecular weight is 270 g/mol. The highest BCUT2D eigenvalue weighted by molar-refractivity contribution is 5.82. The van der Waals surface area contributed by atoms with Crippen LogP contribution < -0.4 is 10.5 Å². The molecule has 0 radical (unpaired) electrons. The molecule has 20 heavy (non-hydrogen) atoms. The predicted octanol–water partition coefficient (Wildman–Crippen LogP) is 0.745. The minimum atomic E-state index is 0.0390. The van der Waals surface area contributed by atoms with Gasteiger partial charge in [0.2, 0.25) is 0 Å². The molecular formula is C15H18N4O. The zero-order valence-corrected chi connectivity index (χ0v) is 12.0. The molecule has 0 N–H and O–H groups in total. The van der Waals surface area contributed by atoms with E-state index in [1.165, 1.54) is 0 Å². The Balaban J connectivity index is 1.78. The lowest BCUT2D eigenvalue weighted by molar-refractivity contribution is 0.0369. The summed E-state index contributed by atoms with van der Waals surface area (Å²) in [4.78, 5) is 21.6. The summed E-state index contributed by atoms with van der Waals surface area (Å²) >= 11 is 0. The van der Waals surface area contributed by atoms with Gasteiger partial charge in [-0.2, -0.15) is 0 Å². The molecule has 1 aromatic carbocycles. The molecule has 2 aliphatic heterocycles. The highest BCUT2D eigenvalue weighted by Crippen LogP contribution is 2.36. The molecule has 5 heteroatoms. The van der Waals surface area contributed by atoms with Gasteiger partial charge in [0.05, 0.1) is 16.9 Å². The minimum Gasteiger partial charge on any atom is -0.364 e. The lowest BCUT2D eigenvalue weighted by atomic mass is 9.85. The molecule has 2 atom stereocenters. The predicted molar refractivity (Wildman–Crippen MR) is 79.3 cm³/mol. The van der Waals surface area contributed by atoms with Gasteiger partial charge in [0.15, 0.2) is 0 Å². The van der Waals surface area contributed by atoms with Crippen molar-refractivity contribution in [2.75, 3.05) is 25.0 Å². The van der Waals surface area contributed by atoms with E-state index < -0.39 is 0 Å². The van der Waals surface area contributed by atoms with Crippen LogP contribution in [0.5, 0.6) is 0 Å². The van der Waals surface area contributed by atoms with E-state index >= 15 is 0 Å². The summed E-state index contributed by atoms with van der Waals surface area (Å²) in [5.74, 6) is 0.750. The summed E-state index contributed by atoms with van der Waals surface area (Å²) in [7, 11) is 3.94. The number of aromatic nitrogens is 2. The Morgan fingerprint density at radius 3 is 2.65 bits per heavy atom. The smallest absolute Gasteiger partial charge is 0.261 e. The Morgan fingerprint density at radius 2 is 2.00 bits per heavy atom. The van der Waals surface area contributed by atoms with Crippen LogP contribution in [0.1, 0.15) is 5.82 Å². The average Bonchev–Trinajstić information content (AvgIpc) is 2.42. The van der Waals surface area contributed by atoms with Gasteiger partial charge in [-0.15, -0.1) is 0 Å². The van der Waals surface area contributed by atoms with Crippen LogP contribution in [0.25, 0.3) is 10.9 Å². The van der Waals surface area contributed by atoms with Crippen LogP contribution in [0.4, 0.5) is 5.69 Å². The first-order chi connectivity index (χ1) is 9.56. The van der Waals surface area contributed by atoms with E-state index in [9.17, 15) is 4.79 Å². The number of nitrogens with zero attached hydrogens (tertiary/aromatic N) is 4. The van der Waals surface area contributed by atoms with Crippen LogP contribution >= 0.6 is 0 Å². The van der Waals surface area contributed by atoms with E-state index in [-0.39, 0.29) is 5.56 Å². The maximum Gasteiger partial charge on any atom is 0.261 e. The number of piperazine rings is 1. The van der Waals surface area contributed by atoms with Crippen LogP contribution in [-0.4, -0.2) is 46.7 Å². The molecule has 2 fully saturated rings. The summed E-state index contributed by atoms with van der Waals surface area (Å²) < 4.78 is 1.61.